The van der Waals surface area contributed by atoms with Gasteiger partial charge in [0.2, 0.25) is 0 Å². The van der Waals surface area contributed by atoms with Crippen LogP contribution in [-0.4, -0.2) is 13.1 Å². The van der Waals surface area contributed by atoms with Crippen molar-refractivity contribution in [2.75, 3.05) is 18.0 Å². The van der Waals surface area contributed by atoms with E-state index < -0.39 is 0 Å². The van der Waals surface area contributed by atoms with E-state index in [2.05, 4.69) is 30.9 Å². The minimum atomic E-state index is 0.472. The Labute approximate surface area is 109 Å². The van der Waals surface area contributed by atoms with Crippen molar-refractivity contribution >= 4 is 17.3 Å². The molecule has 1 heterocycles. The van der Waals surface area contributed by atoms with Crippen LogP contribution in [0, 0.1) is 5.41 Å². The Bertz CT molecular complexity index is 391. The summed E-state index contributed by atoms with van der Waals surface area (Å²) in [6, 6.07) is 6.15. The number of hydrogen-bond donors (Lipinski definition) is 1. The van der Waals surface area contributed by atoms with Crippen LogP contribution in [0.4, 0.5) is 5.69 Å². The molecule has 0 amide bonds. The highest BCUT2D eigenvalue weighted by molar-refractivity contribution is 6.33. The molecule has 1 saturated heterocycles. The molecule has 1 aromatic carbocycles. The Hall–Kier alpha value is -0.730. The second-order valence-corrected chi connectivity index (χ2v) is 6.05. The van der Waals surface area contributed by atoms with Crippen LogP contribution in [0.25, 0.3) is 0 Å². The third kappa shape index (κ3) is 2.93. The van der Waals surface area contributed by atoms with Gasteiger partial charge in [-0.1, -0.05) is 31.5 Å². The van der Waals surface area contributed by atoms with Crippen LogP contribution in [0.2, 0.25) is 5.02 Å². The SMILES string of the molecule is CC1(C)CCN(c2ccc(CN)cc2Cl)CC1. The number of anilines is 1. The fourth-order valence-electron chi connectivity index (χ4n) is 2.29. The zero-order valence-corrected chi connectivity index (χ0v) is 11.4. The summed E-state index contributed by atoms with van der Waals surface area (Å²) in [5.41, 5.74) is 8.33. The van der Waals surface area contributed by atoms with Crippen LogP contribution in [0.1, 0.15) is 32.3 Å². The maximum absolute atomic E-state index is 6.32. The predicted octanol–water partition coefficient (Wildman–Crippen LogP) is 3.43. The van der Waals surface area contributed by atoms with Gasteiger partial charge in [0, 0.05) is 19.6 Å². The maximum atomic E-state index is 6.32. The predicted molar refractivity (Wildman–Crippen MR) is 74.6 cm³/mol. The van der Waals surface area contributed by atoms with Gasteiger partial charge in [0.1, 0.15) is 0 Å². The second kappa shape index (κ2) is 4.87. The lowest BCUT2D eigenvalue weighted by Gasteiger charge is -2.38. The first-order chi connectivity index (χ1) is 8.02. The van der Waals surface area contributed by atoms with E-state index in [1.807, 2.05) is 6.07 Å². The van der Waals surface area contributed by atoms with Gasteiger partial charge in [-0.2, -0.15) is 0 Å². The van der Waals surface area contributed by atoms with E-state index in [1.165, 1.54) is 12.8 Å². The molecule has 2 nitrogen and oxygen atoms in total. The van der Waals surface area contributed by atoms with Gasteiger partial charge in [-0.05, 0) is 36.0 Å². The van der Waals surface area contributed by atoms with Gasteiger partial charge in [-0.15, -0.1) is 0 Å². The molecule has 17 heavy (non-hydrogen) atoms. The molecule has 0 aliphatic carbocycles. The molecule has 0 unspecified atom stereocenters. The summed E-state index contributed by atoms with van der Waals surface area (Å²) in [6.07, 6.45) is 2.45. The van der Waals surface area contributed by atoms with Gasteiger partial charge >= 0.3 is 0 Å². The molecule has 1 aromatic rings. The van der Waals surface area contributed by atoms with Crippen molar-refractivity contribution in [2.24, 2.45) is 11.1 Å². The highest BCUT2D eigenvalue weighted by Crippen LogP contribution is 2.35. The lowest BCUT2D eigenvalue weighted by Crippen LogP contribution is -2.37. The van der Waals surface area contributed by atoms with Crippen molar-refractivity contribution in [1.29, 1.82) is 0 Å². The Morgan fingerprint density at radius 3 is 2.47 bits per heavy atom. The summed E-state index contributed by atoms with van der Waals surface area (Å²) < 4.78 is 0. The van der Waals surface area contributed by atoms with Gasteiger partial charge in [0.25, 0.3) is 0 Å². The molecular weight excluding hydrogens is 232 g/mol. The van der Waals surface area contributed by atoms with E-state index in [1.54, 1.807) is 0 Å². The number of piperidine rings is 1. The monoisotopic (exact) mass is 252 g/mol. The quantitative estimate of drug-likeness (QED) is 0.874. The Balaban J connectivity index is 2.13. The second-order valence-electron chi connectivity index (χ2n) is 5.64. The number of benzene rings is 1. The number of rotatable bonds is 2. The molecule has 0 bridgehead atoms. The minimum absolute atomic E-state index is 0.472. The Morgan fingerprint density at radius 2 is 1.94 bits per heavy atom. The summed E-state index contributed by atoms with van der Waals surface area (Å²) in [6.45, 7) is 7.41. The fraction of sp³-hybridized carbons (Fsp3) is 0.571. The normalized spacial score (nSPS) is 19.4. The van der Waals surface area contributed by atoms with Gasteiger partial charge in [-0.25, -0.2) is 0 Å². The molecule has 94 valence electrons. The molecule has 1 aliphatic heterocycles. The highest BCUT2D eigenvalue weighted by Gasteiger charge is 2.26. The first kappa shape index (κ1) is 12.7. The van der Waals surface area contributed by atoms with Crippen LogP contribution in [0.15, 0.2) is 18.2 Å². The van der Waals surface area contributed by atoms with Crippen molar-refractivity contribution in [1.82, 2.24) is 0 Å². The zero-order chi connectivity index (χ0) is 12.5. The van der Waals surface area contributed by atoms with Gasteiger partial charge in [-0.3, -0.25) is 0 Å². The summed E-state index contributed by atoms with van der Waals surface area (Å²) in [7, 11) is 0. The zero-order valence-electron chi connectivity index (χ0n) is 10.7. The van der Waals surface area contributed by atoms with Crippen molar-refractivity contribution < 1.29 is 0 Å². The molecule has 0 atom stereocenters. The van der Waals surface area contributed by atoms with Crippen molar-refractivity contribution in [3.63, 3.8) is 0 Å². The Morgan fingerprint density at radius 1 is 1.29 bits per heavy atom. The smallest absolute Gasteiger partial charge is 0.0642 e. The number of nitrogens with two attached hydrogens (primary N) is 1. The molecule has 0 saturated carbocycles. The van der Waals surface area contributed by atoms with E-state index in [0.29, 0.717) is 12.0 Å². The Kier molecular flexibility index (Phi) is 3.64. The van der Waals surface area contributed by atoms with Gasteiger partial charge < -0.3 is 10.6 Å². The first-order valence-electron chi connectivity index (χ1n) is 6.25. The number of nitrogens with zero attached hydrogens (tertiary/aromatic N) is 1. The molecular formula is C14H21ClN2. The van der Waals surface area contributed by atoms with Crippen molar-refractivity contribution in [3.05, 3.63) is 28.8 Å². The molecule has 1 aliphatic rings. The van der Waals surface area contributed by atoms with E-state index in [0.717, 1.165) is 29.4 Å². The average Bonchev–Trinajstić information content (AvgIpc) is 2.29. The van der Waals surface area contributed by atoms with Gasteiger partial charge in [0.05, 0.1) is 10.7 Å². The van der Waals surface area contributed by atoms with Crippen LogP contribution in [0.3, 0.4) is 0 Å². The molecule has 2 rings (SSSR count). The largest absolute Gasteiger partial charge is 0.370 e. The van der Waals surface area contributed by atoms with Crippen LogP contribution in [-0.2, 0) is 6.54 Å². The van der Waals surface area contributed by atoms with Crippen LogP contribution < -0.4 is 10.6 Å². The van der Waals surface area contributed by atoms with Gasteiger partial charge in [0.15, 0.2) is 0 Å². The third-order valence-electron chi connectivity index (χ3n) is 3.71. The summed E-state index contributed by atoms with van der Waals surface area (Å²) in [5.74, 6) is 0. The summed E-state index contributed by atoms with van der Waals surface area (Å²) in [5, 5.41) is 0.827. The van der Waals surface area contributed by atoms with Crippen molar-refractivity contribution in [3.8, 4) is 0 Å². The average molecular weight is 253 g/mol. The maximum Gasteiger partial charge on any atom is 0.0642 e. The van der Waals surface area contributed by atoms with Crippen LogP contribution >= 0.6 is 11.6 Å². The molecule has 2 N–H and O–H groups in total. The van der Waals surface area contributed by atoms with E-state index >= 15 is 0 Å². The molecule has 1 fully saturated rings. The molecule has 0 aromatic heterocycles. The first-order valence-corrected chi connectivity index (χ1v) is 6.63. The molecule has 0 spiro atoms. The minimum Gasteiger partial charge on any atom is -0.370 e. The molecule has 0 radical (unpaired) electrons. The summed E-state index contributed by atoms with van der Waals surface area (Å²) in [4.78, 5) is 2.38. The van der Waals surface area contributed by atoms with Crippen molar-refractivity contribution in [2.45, 2.75) is 33.2 Å². The lowest BCUT2D eigenvalue weighted by molar-refractivity contribution is 0.280. The topological polar surface area (TPSA) is 29.3 Å². The standard InChI is InChI=1S/C14H21ClN2/c1-14(2)5-7-17(8-6-14)13-4-3-11(10-16)9-12(13)15/h3-4,9H,5-8,10,16H2,1-2H3. The number of hydrogen-bond acceptors (Lipinski definition) is 2. The van der Waals surface area contributed by atoms with E-state index in [4.69, 9.17) is 17.3 Å². The third-order valence-corrected chi connectivity index (χ3v) is 4.01. The fourth-order valence-corrected chi connectivity index (χ4v) is 2.61. The van der Waals surface area contributed by atoms with E-state index in [-0.39, 0.29) is 0 Å². The number of halogens is 1. The molecule has 3 heteroatoms. The highest BCUT2D eigenvalue weighted by atomic mass is 35.5. The summed E-state index contributed by atoms with van der Waals surface area (Å²) >= 11 is 6.32. The van der Waals surface area contributed by atoms with Crippen LogP contribution in [0.5, 0.6) is 0 Å². The van der Waals surface area contributed by atoms with E-state index in [9.17, 15) is 0 Å². The lowest BCUT2D eigenvalue weighted by atomic mass is 9.82.